The summed E-state index contributed by atoms with van der Waals surface area (Å²) >= 11 is 0. The van der Waals surface area contributed by atoms with E-state index in [-0.39, 0.29) is 5.78 Å². The first-order chi connectivity index (χ1) is 11.3. The number of ketones is 1. The van der Waals surface area contributed by atoms with Gasteiger partial charge in [-0.3, -0.25) is 4.79 Å². The number of allylic oxidation sites excluding steroid dienone is 1. The second kappa shape index (κ2) is 6.54. The molecule has 0 unspecified atom stereocenters. The molecule has 2 aromatic carbocycles. The molecule has 0 fully saturated rings. The van der Waals surface area contributed by atoms with Crippen molar-refractivity contribution in [3.8, 4) is 11.8 Å². The van der Waals surface area contributed by atoms with Crippen LogP contribution in [0.25, 0.3) is 11.8 Å². The van der Waals surface area contributed by atoms with Crippen molar-refractivity contribution < 1.29 is 4.79 Å². The van der Waals surface area contributed by atoms with E-state index in [9.17, 15) is 4.79 Å². The summed E-state index contributed by atoms with van der Waals surface area (Å²) < 4.78 is 1.75. The highest BCUT2D eigenvalue weighted by atomic mass is 16.1. The second-order valence-electron chi connectivity index (χ2n) is 4.94. The van der Waals surface area contributed by atoms with Crippen molar-refractivity contribution in [2.45, 2.75) is 0 Å². The normalized spacial score (nSPS) is 10.6. The van der Waals surface area contributed by atoms with Crippen molar-refractivity contribution in [2.75, 3.05) is 0 Å². The van der Waals surface area contributed by atoms with Gasteiger partial charge in [-0.15, -0.1) is 0 Å². The molecule has 0 saturated heterocycles. The van der Waals surface area contributed by atoms with Gasteiger partial charge in [0, 0.05) is 17.3 Å². The molecule has 1 aromatic heterocycles. The summed E-state index contributed by atoms with van der Waals surface area (Å²) in [5.74, 6) is -0.144. The SMILES string of the molecule is N#Cc1cccc(C(=O)/C=C/c2cnn(-c3ccccc3)c2)c1. The van der Waals surface area contributed by atoms with Gasteiger partial charge in [-0.2, -0.15) is 10.4 Å². The fourth-order valence-corrected chi connectivity index (χ4v) is 2.15. The lowest BCUT2D eigenvalue weighted by atomic mass is 10.1. The van der Waals surface area contributed by atoms with E-state index in [1.807, 2.05) is 42.6 Å². The monoisotopic (exact) mass is 299 g/mol. The zero-order valence-corrected chi connectivity index (χ0v) is 12.3. The molecular formula is C19H13N3O. The highest BCUT2D eigenvalue weighted by Gasteiger charge is 2.03. The summed E-state index contributed by atoms with van der Waals surface area (Å²) in [6.07, 6.45) is 6.75. The van der Waals surface area contributed by atoms with Gasteiger partial charge in [-0.1, -0.05) is 30.3 Å². The maximum Gasteiger partial charge on any atom is 0.185 e. The minimum Gasteiger partial charge on any atom is -0.289 e. The Bertz CT molecular complexity index is 902. The summed E-state index contributed by atoms with van der Waals surface area (Å²) in [6.45, 7) is 0. The summed E-state index contributed by atoms with van der Waals surface area (Å²) in [7, 11) is 0. The number of rotatable bonds is 4. The number of carbonyl (C=O) groups excluding carboxylic acids is 1. The summed E-state index contributed by atoms with van der Waals surface area (Å²) in [6, 6.07) is 18.4. The molecule has 1 heterocycles. The average molecular weight is 299 g/mol. The highest BCUT2D eigenvalue weighted by molar-refractivity contribution is 6.06. The molecule has 3 rings (SSSR count). The molecule has 23 heavy (non-hydrogen) atoms. The van der Waals surface area contributed by atoms with Gasteiger partial charge in [0.1, 0.15) is 0 Å². The van der Waals surface area contributed by atoms with E-state index in [0.29, 0.717) is 11.1 Å². The predicted octanol–water partition coefficient (Wildman–Crippen LogP) is 3.64. The van der Waals surface area contributed by atoms with Gasteiger partial charge in [0.05, 0.1) is 23.5 Å². The molecule has 0 aliphatic carbocycles. The van der Waals surface area contributed by atoms with Gasteiger partial charge < -0.3 is 0 Å². The van der Waals surface area contributed by atoms with E-state index in [4.69, 9.17) is 5.26 Å². The average Bonchev–Trinajstić information content (AvgIpc) is 3.09. The molecule has 0 aliphatic heterocycles. The predicted molar refractivity (Wildman–Crippen MR) is 88.1 cm³/mol. The lowest BCUT2D eigenvalue weighted by Gasteiger charge is -1.98. The highest BCUT2D eigenvalue weighted by Crippen LogP contribution is 2.10. The minimum absolute atomic E-state index is 0.144. The van der Waals surface area contributed by atoms with Crippen LogP contribution in [0.5, 0.6) is 0 Å². The van der Waals surface area contributed by atoms with Crippen LogP contribution in [0.15, 0.2) is 73.1 Å². The van der Waals surface area contributed by atoms with E-state index in [2.05, 4.69) is 5.10 Å². The third-order valence-corrected chi connectivity index (χ3v) is 3.33. The standard InChI is InChI=1S/C19H13N3O/c20-12-15-5-4-6-17(11-15)19(23)10-9-16-13-21-22(14-16)18-7-2-1-3-8-18/h1-11,13-14H/b10-9+. The van der Waals surface area contributed by atoms with Crippen molar-refractivity contribution >= 4 is 11.9 Å². The fraction of sp³-hybridized carbons (Fsp3) is 0. The topological polar surface area (TPSA) is 58.7 Å². The van der Waals surface area contributed by atoms with Crippen molar-refractivity contribution in [3.05, 3.63) is 89.8 Å². The van der Waals surface area contributed by atoms with E-state index in [0.717, 1.165) is 11.3 Å². The molecule has 3 aromatic rings. The van der Waals surface area contributed by atoms with Crippen LogP contribution >= 0.6 is 0 Å². The molecule has 0 spiro atoms. The van der Waals surface area contributed by atoms with E-state index in [1.54, 1.807) is 41.2 Å². The Labute approximate surface area is 133 Å². The van der Waals surface area contributed by atoms with Crippen LogP contribution in [-0.2, 0) is 0 Å². The lowest BCUT2D eigenvalue weighted by molar-refractivity contribution is 0.104. The number of aromatic nitrogens is 2. The number of carbonyl (C=O) groups is 1. The number of hydrogen-bond donors (Lipinski definition) is 0. The molecule has 0 radical (unpaired) electrons. The molecule has 4 heteroatoms. The summed E-state index contributed by atoms with van der Waals surface area (Å²) in [5, 5.41) is 13.1. The number of hydrogen-bond acceptors (Lipinski definition) is 3. The van der Waals surface area contributed by atoms with Crippen molar-refractivity contribution in [1.82, 2.24) is 9.78 Å². The molecular weight excluding hydrogens is 286 g/mol. The fourth-order valence-electron chi connectivity index (χ4n) is 2.15. The van der Waals surface area contributed by atoms with Crippen molar-refractivity contribution in [2.24, 2.45) is 0 Å². The Morgan fingerprint density at radius 3 is 2.74 bits per heavy atom. The molecule has 0 N–H and O–H groups in total. The Morgan fingerprint density at radius 2 is 1.96 bits per heavy atom. The zero-order valence-electron chi connectivity index (χ0n) is 12.3. The molecule has 0 saturated carbocycles. The van der Waals surface area contributed by atoms with E-state index >= 15 is 0 Å². The second-order valence-corrected chi connectivity index (χ2v) is 4.94. The van der Waals surface area contributed by atoms with Gasteiger partial charge in [0.2, 0.25) is 0 Å². The molecule has 4 nitrogen and oxygen atoms in total. The maximum atomic E-state index is 12.1. The first kappa shape index (κ1) is 14.5. The Hall–Kier alpha value is -3.45. The largest absolute Gasteiger partial charge is 0.289 e. The first-order valence-corrected chi connectivity index (χ1v) is 7.09. The van der Waals surface area contributed by atoms with Crippen LogP contribution in [0.2, 0.25) is 0 Å². The van der Waals surface area contributed by atoms with Crippen LogP contribution < -0.4 is 0 Å². The first-order valence-electron chi connectivity index (χ1n) is 7.09. The van der Waals surface area contributed by atoms with Crippen molar-refractivity contribution in [3.63, 3.8) is 0 Å². The quantitative estimate of drug-likeness (QED) is 0.546. The Balaban J connectivity index is 1.77. The van der Waals surface area contributed by atoms with Gasteiger partial charge in [-0.05, 0) is 36.4 Å². The van der Waals surface area contributed by atoms with Crippen molar-refractivity contribution in [1.29, 1.82) is 5.26 Å². The van der Waals surface area contributed by atoms with E-state index < -0.39 is 0 Å². The van der Waals surface area contributed by atoms with Crippen LogP contribution in [-0.4, -0.2) is 15.6 Å². The zero-order chi connectivity index (χ0) is 16.1. The third kappa shape index (κ3) is 3.42. The number of para-hydroxylation sites is 1. The van der Waals surface area contributed by atoms with Gasteiger partial charge >= 0.3 is 0 Å². The van der Waals surface area contributed by atoms with Crippen LogP contribution in [0.3, 0.4) is 0 Å². The Morgan fingerprint density at radius 1 is 1.13 bits per heavy atom. The summed E-state index contributed by atoms with van der Waals surface area (Å²) in [4.78, 5) is 12.1. The van der Waals surface area contributed by atoms with E-state index in [1.165, 1.54) is 6.08 Å². The lowest BCUT2D eigenvalue weighted by Crippen LogP contribution is -1.94. The Kier molecular flexibility index (Phi) is 4.12. The molecule has 0 amide bonds. The number of benzene rings is 2. The van der Waals surface area contributed by atoms with Crippen LogP contribution in [0.4, 0.5) is 0 Å². The molecule has 0 atom stereocenters. The smallest absolute Gasteiger partial charge is 0.185 e. The van der Waals surface area contributed by atoms with Gasteiger partial charge in [0.15, 0.2) is 5.78 Å². The maximum absolute atomic E-state index is 12.1. The number of nitriles is 1. The molecule has 110 valence electrons. The van der Waals surface area contributed by atoms with Crippen LogP contribution in [0.1, 0.15) is 21.5 Å². The third-order valence-electron chi connectivity index (χ3n) is 3.33. The van der Waals surface area contributed by atoms with Gasteiger partial charge in [-0.25, -0.2) is 4.68 Å². The number of nitrogens with zero attached hydrogens (tertiary/aromatic N) is 3. The minimum atomic E-state index is -0.144. The summed E-state index contributed by atoms with van der Waals surface area (Å²) in [5.41, 5.74) is 2.76. The van der Waals surface area contributed by atoms with Crippen LogP contribution in [0, 0.1) is 11.3 Å². The molecule has 0 aliphatic rings. The van der Waals surface area contributed by atoms with Gasteiger partial charge in [0.25, 0.3) is 0 Å². The molecule has 0 bridgehead atoms.